The molecule has 3 unspecified atom stereocenters. The van der Waals surface area contributed by atoms with Gasteiger partial charge in [-0.25, -0.2) is 0 Å². The van der Waals surface area contributed by atoms with Crippen LogP contribution in [-0.2, 0) is 5.41 Å². The molecule has 7 rings (SSSR count). The Morgan fingerprint density at radius 1 is 0.889 bits per heavy atom. The van der Waals surface area contributed by atoms with Crippen molar-refractivity contribution < 1.29 is 0 Å². The minimum atomic E-state index is -0.173. The van der Waals surface area contributed by atoms with Gasteiger partial charge < -0.3 is 0 Å². The maximum absolute atomic E-state index is 3.83. The number of allylic oxidation sites excluding steroid dienone is 14. The topological polar surface area (TPSA) is 0 Å². The largest absolute Gasteiger partial charge is 0.0839 e. The first-order valence-corrected chi connectivity index (χ1v) is 14.3. The minimum absolute atomic E-state index is 0.173. The first-order valence-electron chi connectivity index (χ1n) is 13.5. The molecule has 1 heteroatoms. The van der Waals surface area contributed by atoms with Crippen LogP contribution in [-0.4, -0.2) is 0 Å². The molecule has 0 radical (unpaired) electrons. The van der Waals surface area contributed by atoms with Gasteiger partial charge in [0.25, 0.3) is 0 Å². The second-order valence-corrected chi connectivity index (χ2v) is 11.7. The second kappa shape index (κ2) is 8.89. The molecule has 5 aliphatic rings. The molecule has 178 valence electrons. The van der Waals surface area contributed by atoms with E-state index in [1.807, 2.05) is 0 Å². The van der Waals surface area contributed by atoms with Crippen molar-refractivity contribution in [2.45, 2.75) is 43.9 Å². The van der Waals surface area contributed by atoms with Gasteiger partial charge in [-0.05, 0) is 101 Å². The van der Waals surface area contributed by atoms with Gasteiger partial charge in [0.05, 0.1) is 5.41 Å². The predicted molar refractivity (Wildman–Crippen MR) is 155 cm³/mol. The highest BCUT2D eigenvalue weighted by molar-refractivity contribution is 9.10. The van der Waals surface area contributed by atoms with Crippen molar-refractivity contribution in [1.29, 1.82) is 0 Å². The molecule has 3 atom stereocenters. The number of benzene rings is 2. The zero-order valence-corrected chi connectivity index (χ0v) is 22.2. The van der Waals surface area contributed by atoms with Crippen molar-refractivity contribution in [2.24, 2.45) is 11.8 Å². The van der Waals surface area contributed by atoms with Gasteiger partial charge in [0.15, 0.2) is 0 Å². The van der Waals surface area contributed by atoms with Crippen LogP contribution in [0.5, 0.6) is 0 Å². The first-order chi connectivity index (χ1) is 17.7. The molecule has 0 N–H and O–H groups in total. The highest BCUT2D eigenvalue weighted by Crippen LogP contribution is 2.62. The third-order valence-corrected chi connectivity index (χ3v) is 9.51. The fraction of sp³-hybridized carbons (Fsp3) is 0.257. The molecule has 2 aromatic carbocycles. The maximum atomic E-state index is 3.83. The van der Waals surface area contributed by atoms with E-state index in [2.05, 4.69) is 119 Å². The van der Waals surface area contributed by atoms with Gasteiger partial charge >= 0.3 is 0 Å². The lowest BCUT2D eigenvalue weighted by Gasteiger charge is -2.41. The van der Waals surface area contributed by atoms with Crippen molar-refractivity contribution in [3.8, 4) is 0 Å². The van der Waals surface area contributed by atoms with Gasteiger partial charge in [0.1, 0.15) is 0 Å². The summed E-state index contributed by atoms with van der Waals surface area (Å²) in [6.45, 7) is 0. The molecule has 36 heavy (non-hydrogen) atoms. The molecule has 0 aromatic heterocycles. The highest BCUT2D eigenvalue weighted by Gasteiger charge is 2.53. The fourth-order valence-electron chi connectivity index (χ4n) is 7.38. The fourth-order valence-corrected chi connectivity index (χ4v) is 7.74. The Kier molecular flexibility index (Phi) is 5.51. The van der Waals surface area contributed by atoms with Crippen molar-refractivity contribution in [3.05, 3.63) is 147 Å². The Bertz CT molecular complexity index is 1440. The van der Waals surface area contributed by atoms with Crippen LogP contribution in [0.4, 0.5) is 0 Å². The molecular formula is C35H31Br. The van der Waals surface area contributed by atoms with E-state index in [1.54, 1.807) is 5.57 Å². The SMILES string of the molecule is Brc1ccc2c(c1)C(C1=CCCC=C1)(c1ccccc1)C1CC(C3=CC4=CC=CCC4CC3)=CC=C21. The average molecular weight is 532 g/mol. The van der Waals surface area contributed by atoms with Crippen molar-refractivity contribution in [1.82, 2.24) is 0 Å². The minimum Gasteiger partial charge on any atom is -0.0839 e. The third kappa shape index (κ3) is 3.40. The molecule has 0 saturated carbocycles. The Morgan fingerprint density at radius 3 is 2.67 bits per heavy atom. The first kappa shape index (κ1) is 22.3. The smallest absolute Gasteiger partial charge is 0.0526 e. The predicted octanol–water partition coefficient (Wildman–Crippen LogP) is 9.58. The van der Waals surface area contributed by atoms with Crippen molar-refractivity contribution >= 4 is 21.5 Å². The molecular weight excluding hydrogens is 500 g/mol. The molecule has 0 amide bonds. The van der Waals surface area contributed by atoms with E-state index in [-0.39, 0.29) is 5.41 Å². The third-order valence-electron chi connectivity index (χ3n) is 9.02. The maximum Gasteiger partial charge on any atom is 0.0526 e. The quantitative estimate of drug-likeness (QED) is 0.370. The zero-order valence-electron chi connectivity index (χ0n) is 20.6. The second-order valence-electron chi connectivity index (χ2n) is 10.8. The van der Waals surface area contributed by atoms with E-state index in [4.69, 9.17) is 0 Å². The van der Waals surface area contributed by atoms with Crippen LogP contribution in [0, 0.1) is 11.8 Å². The van der Waals surface area contributed by atoms with Crippen LogP contribution in [0.25, 0.3) is 5.57 Å². The Hall–Kier alpha value is -2.90. The van der Waals surface area contributed by atoms with Crippen LogP contribution < -0.4 is 0 Å². The summed E-state index contributed by atoms with van der Waals surface area (Å²) in [5, 5.41) is 0. The lowest BCUT2D eigenvalue weighted by molar-refractivity contribution is 0.469. The number of hydrogen-bond donors (Lipinski definition) is 0. The standard InChI is InChI=1S/C35H31Br/c36-30-18-20-32-31-19-17-27(26-16-15-24-9-7-8-10-25(24)21-26)22-33(31)35(34(32)23-30,28-11-3-1-4-12-28)29-13-5-2-6-14-29/h1,3-5,7-8,10-14,17-21,23-24,33H,2,6,9,15-16,22H2. The van der Waals surface area contributed by atoms with E-state index in [1.165, 1.54) is 58.2 Å². The average Bonchev–Trinajstić information content (AvgIpc) is 3.23. The molecule has 0 nitrogen and oxygen atoms in total. The lowest BCUT2D eigenvalue weighted by Crippen LogP contribution is -2.36. The van der Waals surface area contributed by atoms with Gasteiger partial charge in [-0.3, -0.25) is 0 Å². The number of fused-ring (bicyclic) bond motifs is 4. The zero-order chi connectivity index (χ0) is 24.1. The summed E-state index contributed by atoms with van der Waals surface area (Å²) in [7, 11) is 0. The Balaban J connectivity index is 1.42. The van der Waals surface area contributed by atoms with Gasteiger partial charge in [0.2, 0.25) is 0 Å². The van der Waals surface area contributed by atoms with Gasteiger partial charge in [0, 0.05) is 10.4 Å². The summed E-state index contributed by atoms with van der Waals surface area (Å²) in [4.78, 5) is 0. The van der Waals surface area contributed by atoms with Crippen LogP contribution >= 0.6 is 15.9 Å². The summed E-state index contributed by atoms with van der Waals surface area (Å²) in [6, 6.07) is 18.3. The lowest BCUT2D eigenvalue weighted by atomic mass is 9.60. The van der Waals surface area contributed by atoms with E-state index in [0.717, 1.165) is 23.7 Å². The monoisotopic (exact) mass is 530 g/mol. The van der Waals surface area contributed by atoms with Crippen LogP contribution in [0.15, 0.2) is 130 Å². The molecule has 0 aliphatic heterocycles. The van der Waals surface area contributed by atoms with Gasteiger partial charge in [-0.15, -0.1) is 0 Å². The number of rotatable bonds is 3. The van der Waals surface area contributed by atoms with E-state index in [9.17, 15) is 0 Å². The normalized spacial score (nSPS) is 28.2. The van der Waals surface area contributed by atoms with Crippen LogP contribution in [0.2, 0.25) is 0 Å². The van der Waals surface area contributed by atoms with Crippen LogP contribution in [0.1, 0.15) is 55.2 Å². The van der Waals surface area contributed by atoms with Gasteiger partial charge in [-0.1, -0.05) is 107 Å². The summed E-state index contributed by atoms with van der Waals surface area (Å²) in [5.74, 6) is 1.10. The van der Waals surface area contributed by atoms with E-state index < -0.39 is 0 Å². The van der Waals surface area contributed by atoms with Gasteiger partial charge in [-0.2, -0.15) is 0 Å². The molecule has 0 bridgehead atoms. The number of hydrogen-bond acceptors (Lipinski definition) is 0. The summed E-state index contributed by atoms with van der Waals surface area (Å²) in [6.07, 6.45) is 28.6. The molecule has 5 aliphatic carbocycles. The molecule has 0 fully saturated rings. The van der Waals surface area contributed by atoms with Crippen molar-refractivity contribution in [3.63, 3.8) is 0 Å². The summed E-state index contributed by atoms with van der Waals surface area (Å²) in [5.41, 5.74) is 11.7. The van der Waals surface area contributed by atoms with E-state index in [0.29, 0.717) is 11.8 Å². The molecule has 0 saturated heterocycles. The Morgan fingerprint density at radius 2 is 1.81 bits per heavy atom. The van der Waals surface area contributed by atoms with Crippen LogP contribution in [0.3, 0.4) is 0 Å². The summed E-state index contributed by atoms with van der Waals surface area (Å²) < 4.78 is 1.16. The Labute approximate surface area is 223 Å². The summed E-state index contributed by atoms with van der Waals surface area (Å²) >= 11 is 3.83. The number of halogens is 1. The molecule has 0 heterocycles. The van der Waals surface area contributed by atoms with Crippen molar-refractivity contribution in [2.75, 3.05) is 0 Å². The van der Waals surface area contributed by atoms with E-state index >= 15 is 0 Å². The highest BCUT2D eigenvalue weighted by atomic mass is 79.9. The molecule has 2 aromatic rings. The molecule has 0 spiro atoms.